The fourth-order valence-electron chi connectivity index (χ4n) is 4.27. The zero-order valence-corrected chi connectivity index (χ0v) is 27.2. The number of ether oxygens (including phenoxy) is 2. The van der Waals surface area contributed by atoms with E-state index in [2.05, 4.69) is 36.2 Å². The van der Waals surface area contributed by atoms with Gasteiger partial charge in [0.25, 0.3) is 0 Å². The Kier molecular flexibility index (Phi) is 10.6. The van der Waals surface area contributed by atoms with Crippen molar-refractivity contribution in [2.24, 2.45) is 5.92 Å². The molecule has 3 heterocycles. The van der Waals surface area contributed by atoms with Gasteiger partial charge in [0.1, 0.15) is 30.3 Å². The number of thiazole rings is 1. The normalized spacial score (nSPS) is 11.2. The number of hydrogen-bond acceptors (Lipinski definition) is 10. The van der Waals surface area contributed by atoms with Crippen LogP contribution in [0.2, 0.25) is 0 Å². The third kappa shape index (κ3) is 8.23. The van der Waals surface area contributed by atoms with E-state index in [0.29, 0.717) is 40.7 Å². The first-order valence-corrected chi connectivity index (χ1v) is 16.5. The van der Waals surface area contributed by atoms with Crippen molar-refractivity contribution in [3.63, 3.8) is 0 Å². The minimum atomic E-state index is -2.23. The van der Waals surface area contributed by atoms with E-state index in [9.17, 15) is 12.8 Å². The second-order valence-electron chi connectivity index (χ2n) is 10.1. The average Bonchev–Trinajstić information content (AvgIpc) is 3.47. The van der Waals surface area contributed by atoms with Crippen LogP contribution in [-0.2, 0) is 28.1 Å². The lowest BCUT2D eigenvalue weighted by Gasteiger charge is -2.12. The molecule has 0 aliphatic rings. The van der Waals surface area contributed by atoms with Crippen LogP contribution in [0.3, 0.4) is 0 Å². The Hall–Kier alpha value is -3.78. The lowest BCUT2D eigenvalue weighted by atomic mass is 10.1. The van der Waals surface area contributed by atoms with Crippen molar-refractivity contribution in [1.29, 1.82) is 0 Å². The van der Waals surface area contributed by atoms with Crippen LogP contribution in [-0.4, -0.2) is 46.4 Å². The Morgan fingerprint density at radius 2 is 1.95 bits per heavy atom. The molecule has 0 saturated carbocycles. The Morgan fingerprint density at radius 1 is 1.09 bits per heavy atom. The highest BCUT2D eigenvalue weighted by atomic mass is 79.9. The van der Waals surface area contributed by atoms with Gasteiger partial charge in [0.2, 0.25) is 10.3 Å². The second kappa shape index (κ2) is 14.8. The molecular formula is C31H29BrFN5O4S2. The highest BCUT2D eigenvalue weighted by molar-refractivity contribution is 9.10. The van der Waals surface area contributed by atoms with Gasteiger partial charge < -0.3 is 14.8 Å². The van der Waals surface area contributed by atoms with E-state index >= 15 is 0 Å². The summed E-state index contributed by atoms with van der Waals surface area (Å²) in [4.78, 5) is 18.5. The van der Waals surface area contributed by atoms with Crippen molar-refractivity contribution < 1.29 is 22.3 Å². The molecule has 0 atom stereocenters. The second-order valence-corrected chi connectivity index (χ2v) is 12.9. The highest BCUT2D eigenvalue weighted by Crippen LogP contribution is 2.32. The summed E-state index contributed by atoms with van der Waals surface area (Å²) in [6.07, 6.45) is 4.62. The molecule has 3 aromatic heterocycles. The molecule has 228 valence electrons. The monoisotopic (exact) mass is 697 g/mol. The fourth-order valence-corrected chi connectivity index (χ4v) is 6.16. The molecule has 0 aliphatic carbocycles. The number of hydrogen-bond donors (Lipinski definition) is 1. The van der Waals surface area contributed by atoms with Gasteiger partial charge in [-0.25, -0.2) is 19.3 Å². The number of anilines is 2. The topological polar surface area (TPSA) is 116 Å². The summed E-state index contributed by atoms with van der Waals surface area (Å²) in [6.45, 7) is 4.47. The van der Waals surface area contributed by atoms with Gasteiger partial charge in [-0.2, -0.15) is 8.42 Å². The summed E-state index contributed by atoms with van der Waals surface area (Å²) in [5.74, 6) is 0.864. The van der Waals surface area contributed by atoms with Gasteiger partial charge in [-0.3, -0.25) is 4.98 Å². The summed E-state index contributed by atoms with van der Waals surface area (Å²) in [6, 6.07) is 13.8. The largest absolute Gasteiger partial charge is 0.488 e. The maximum Gasteiger partial charge on any atom is 0.215 e. The molecule has 44 heavy (non-hydrogen) atoms. The van der Waals surface area contributed by atoms with E-state index in [1.54, 1.807) is 23.6 Å². The number of nitrogens with one attached hydrogen (secondary N) is 1. The fraction of sp³-hybridized carbons (Fsp3) is 0.258. The summed E-state index contributed by atoms with van der Waals surface area (Å²) in [7, 11) is -2.23. The summed E-state index contributed by atoms with van der Waals surface area (Å²) in [5.41, 5.74) is 3.66. The molecule has 9 nitrogen and oxygen atoms in total. The van der Waals surface area contributed by atoms with Crippen molar-refractivity contribution in [1.82, 2.24) is 19.9 Å². The SMILES string of the molecule is CC(C)C(COCCCc1nc(-c2cc3c(Nc4ccc(OCc5cccc(F)c5)c(Br)c4)ncnc3cn2)cs1)=S(=O)=O. The first-order chi connectivity index (χ1) is 21.3. The van der Waals surface area contributed by atoms with Crippen molar-refractivity contribution >= 4 is 64.8 Å². The van der Waals surface area contributed by atoms with Crippen LogP contribution in [0.15, 0.2) is 70.9 Å². The highest BCUT2D eigenvalue weighted by Gasteiger charge is 2.12. The third-order valence-corrected chi connectivity index (χ3v) is 9.14. The molecule has 5 aromatic rings. The number of aromatic nitrogens is 4. The summed E-state index contributed by atoms with van der Waals surface area (Å²) >= 11 is 5.11. The van der Waals surface area contributed by atoms with Gasteiger partial charge >= 0.3 is 0 Å². The van der Waals surface area contributed by atoms with Crippen LogP contribution < -0.4 is 10.1 Å². The standard InChI is InChI=1S/C31H29BrFN5O4S2/c1-19(2)29(44(39)40)16-41-10-4-7-30-38-27(17-43-30)25-13-23-26(14-34-25)35-18-36-31(23)37-22-8-9-28(24(32)12-22)42-15-20-5-3-6-21(33)11-20/h3,5-6,8-9,11-14,17-19H,4,7,10,15-16H2,1-2H3,(H,35,36,37). The van der Waals surface area contributed by atoms with Crippen LogP contribution in [0.4, 0.5) is 15.9 Å². The minimum absolute atomic E-state index is 0.0771. The molecule has 0 aliphatic heterocycles. The van der Waals surface area contributed by atoms with Gasteiger partial charge in [-0.1, -0.05) is 26.0 Å². The molecule has 1 N–H and O–H groups in total. The smallest absolute Gasteiger partial charge is 0.215 e. The lowest BCUT2D eigenvalue weighted by Crippen LogP contribution is -2.17. The molecule has 0 fully saturated rings. The zero-order chi connectivity index (χ0) is 31.1. The summed E-state index contributed by atoms with van der Waals surface area (Å²) in [5, 5.41) is 7.05. The minimum Gasteiger partial charge on any atom is -0.488 e. The molecule has 0 amide bonds. The molecule has 13 heteroatoms. The molecule has 0 saturated heterocycles. The first kappa shape index (κ1) is 31.6. The Balaban J connectivity index is 1.23. The Bertz CT molecular complexity index is 1910. The number of fused-ring (bicyclic) bond motifs is 1. The van der Waals surface area contributed by atoms with Gasteiger partial charge in [-0.15, -0.1) is 11.3 Å². The van der Waals surface area contributed by atoms with Crippen molar-refractivity contribution in [2.45, 2.75) is 33.3 Å². The van der Waals surface area contributed by atoms with E-state index in [1.807, 2.05) is 49.6 Å². The Morgan fingerprint density at radius 3 is 2.73 bits per heavy atom. The molecule has 0 bridgehead atoms. The third-order valence-electron chi connectivity index (χ3n) is 6.60. The maximum atomic E-state index is 13.5. The van der Waals surface area contributed by atoms with E-state index in [-0.39, 0.29) is 24.9 Å². The van der Waals surface area contributed by atoms with Crippen molar-refractivity contribution in [2.75, 3.05) is 18.5 Å². The number of halogens is 2. The predicted octanol–water partition coefficient (Wildman–Crippen LogP) is 7.03. The molecule has 2 aromatic carbocycles. The van der Waals surface area contributed by atoms with E-state index in [1.165, 1.54) is 18.5 Å². The molecule has 0 spiro atoms. The molecular weight excluding hydrogens is 669 g/mol. The van der Waals surface area contributed by atoms with Crippen molar-refractivity contribution in [3.05, 3.63) is 87.3 Å². The Labute approximate surface area is 268 Å². The average molecular weight is 699 g/mol. The maximum absolute atomic E-state index is 13.5. The number of benzene rings is 2. The summed E-state index contributed by atoms with van der Waals surface area (Å²) < 4.78 is 48.3. The van der Waals surface area contributed by atoms with E-state index in [4.69, 9.17) is 14.5 Å². The van der Waals surface area contributed by atoms with Gasteiger partial charge in [0.15, 0.2) is 0 Å². The van der Waals surface area contributed by atoms with Gasteiger partial charge in [0, 0.05) is 29.5 Å². The van der Waals surface area contributed by atoms with E-state index < -0.39 is 10.3 Å². The van der Waals surface area contributed by atoms with Crippen LogP contribution in [0.5, 0.6) is 5.75 Å². The number of pyridine rings is 1. The van der Waals surface area contributed by atoms with E-state index in [0.717, 1.165) is 38.2 Å². The number of rotatable bonds is 13. The van der Waals surface area contributed by atoms with Crippen molar-refractivity contribution in [3.8, 4) is 17.1 Å². The molecule has 5 rings (SSSR count). The van der Waals surface area contributed by atoms with Crippen LogP contribution in [0.1, 0.15) is 30.8 Å². The molecule has 0 unspecified atom stereocenters. The van der Waals surface area contributed by atoms with Crippen LogP contribution in [0.25, 0.3) is 22.3 Å². The number of nitrogens with zero attached hydrogens (tertiary/aromatic N) is 4. The molecule has 0 radical (unpaired) electrons. The lowest BCUT2D eigenvalue weighted by molar-refractivity contribution is 0.168. The van der Waals surface area contributed by atoms with Gasteiger partial charge in [0.05, 0.1) is 44.1 Å². The van der Waals surface area contributed by atoms with Crippen LogP contribution in [0, 0.1) is 11.7 Å². The number of aryl methyl sites for hydroxylation is 1. The van der Waals surface area contributed by atoms with Gasteiger partial charge in [-0.05, 0) is 70.2 Å². The first-order valence-electron chi connectivity index (χ1n) is 13.8. The zero-order valence-electron chi connectivity index (χ0n) is 24.0. The predicted molar refractivity (Wildman–Crippen MR) is 175 cm³/mol. The van der Waals surface area contributed by atoms with Crippen LogP contribution >= 0.6 is 27.3 Å². The quantitative estimate of drug-likeness (QED) is 0.102.